The Kier molecular flexibility index (Phi) is 5.08. The van der Waals surface area contributed by atoms with Gasteiger partial charge < -0.3 is 0 Å². The molecule has 1 aliphatic heterocycles. The van der Waals surface area contributed by atoms with Crippen LogP contribution in [-0.4, -0.2) is 31.2 Å². The van der Waals surface area contributed by atoms with Gasteiger partial charge in [0.15, 0.2) is 0 Å². The van der Waals surface area contributed by atoms with Crippen LogP contribution >= 0.6 is 23.4 Å². The van der Waals surface area contributed by atoms with Crippen molar-refractivity contribution in [3.63, 3.8) is 0 Å². The third kappa shape index (κ3) is 3.81. The molecule has 154 valence electrons. The second-order valence-corrected chi connectivity index (χ2v) is 7.84. The monoisotopic (exact) mass is 453 g/mol. The molecular weight excluding hydrogens is 443 g/mol. The van der Waals surface area contributed by atoms with E-state index in [0.717, 1.165) is 6.07 Å². The number of imide groups is 1. The highest BCUT2D eigenvalue weighted by atomic mass is 35.5. The summed E-state index contributed by atoms with van der Waals surface area (Å²) in [4.78, 5) is 23.2. The number of thioether (sulfide) groups is 1. The summed E-state index contributed by atoms with van der Waals surface area (Å²) in [6.45, 7) is -0.113. The third-order valence-corrected chi connectivity index (χ3v) is 5.53. The van der Waals surface area contributed by atoms with Crippen LogP contribution in [0, 0.1) is 0 Å². The van der Waals surface area contributed by atoms with E-state index >= 15 is 0 Å². The molecule has 30 heavy (non-hydrogen) atoms. The highest BCUT2D eigenvalue weighted by Gasteiger charge is 2.35. The Balaban J connectivity index is 1.66. The molecule has 0 aliphatic carbocycles. The normalized spacial score (nSPS) is 16.3. The Morgan fingerprint density at radius 1 is 1.17 bits per heavy atom. The molecule has 0 radical (unpaired) electrons. The summed E-state index contributed by atoms with van der Waals surface area (Å²) in [5.74, 6) is -0.816. The molecule has 6 nitrogen and oxygen atoms in total. The summed E-state index contributed by atoms with van der Waals surface area (Å²) in [5.41, 5.74) is 0.363. The topological polar surface area (TPSA) is 75.4 Å². The van der Waals surface area contributed by atoms with Crippen LogP contribution in [0.4, 0.5) is 18.0 Å². The number of hydrogen-bond acceptors (Lipinski definition) is 5. The van der Waals surface area contributed by atoms with Crippen molar-refractivity contribution in [3.05, 3.63) is 69.2 Å². The highest BCUT2D eigenvalue weighted by Crippen LogP contribution is 2.35. The van der Waals surface area contributed by atoms with Crippen LogP contribution in [0.25, 0.3) is 17.0 Å². The zero-order valence-corrected chi connectivity index (χ0v) is 16.4. The summed E-state index contributed by atoms with van der Waals surface area (Å²) in [6, 6.07) is 8.56. The Hall–Kier alpha value is -2.82. The predicted octanol–water partition coefficient (Wildman–Crippen LogP) is 5.18. The molecule has 0 bridgehead atoms. The second kappa shape index (κ2) is 7.46. The van der Waals surface area contributed by atoms with Crippen LogP contribution < -0.4 is 0 Å². The van der Waals surface area contributed by atoms with Crippen LogP contribution in [0.2, 0.25) is 5.02 Å². The summed E-state index contributed by atoms with van der Waals surface area (Å²) < 4.78 is 41.4. The number of fused-ring (bicyclic) bond motifs is 1. The molecule has 1 fully saturated rings. The van der Waals surface area contributed by atoms with E-state index in [4.69, 9.17) is 11.6 Å². The van der Waals surface area contributed by atoms with Crippen molar-refractivity contribution in [2.24, 2.45) is 0 Å². The molecule has 2 heterocycles. The average molecular weight is 454 g/mol. The number of amides is 2. The van der Waals surface area contributed by atoms with Crippen molar-refractivity contribution >= 4 is 51.5 Å². The van der Waals surface area contributed by atoms with Gasteiger partial charge in [-0.15, -0.1) is 5.06 Å². The number of benzene rings is 2. The Bertz CT molecular complexity index is 1220. The van der Waals surface area contributed by atoms with Gasteiger partial charge >= 0.3 is 11.4 Å². The van der Waals surface area contributed by atoms with Gasteiger partial charge in [-0.25, -0.2) is 0 Å². The molecule has 3 aromatic rings. The van der Waals surface area contributed by atoms with Crippen LogP contribution in [0.15, 0.2) is 47.5 Å². The Morgan fingerprint density at radius 2 is 1.93 bits per heavy atom. The van der Waals surface area contributed by atoms with E-state index in [0.29, 0.717) is 28.2 Å². The number of hydroxylamine groups is 2. The zero-order valence-electron chi connectivity index (χ0n) is 14.9. The van der Waals surface area contributed by atoms with E-state index in [1.165, 1.54) is 29.1 Å². The number of hydrogen-bond donors (Lipinski definition) is 1. The van der Waals surface area contributed by atoms with Crippen LogP contribution in [0.1, 0.15) is 16.7 Å². The summed E-state index contributed by atoms with van der Waals surface area (Å²) in [5, 5.41) is 13.3. The highest BCUT2D eigenvalue weighted by molar-refractivity contribution is 8.18. The molecule has 0 atom stereocenters. The first-order valence-electron chi connectivity index (χ1n) is 8.41. The molecule has 2 aromatic carbocycles. The molecule has 0 saturated carbocycles. The summed E-state index contributed by atoms with van der Waals surface area (Å²) >= 11 is 6.33. The van der Waals surface area contributed by atoms with Gasteiger partial charge in [-0.1, -0.05) is 23.7 Å². The molecule has 4 rings (SSSR count). The fourth-order valence-corrected chi connectivity index (χ4v) is 3.94. The van der Waals surface area contributed by atoms with Crippen LogP contribution in [0.3, 0.4) is 0 Å². The van der Waals surface area contributed by atoms with Crippen molar-refractivity contribution in [2.75, 3.05) is 0 Å². The molecular formula is C19H11ClF3N3O3S. The van der Waals surface area contributed by atoms with Crippen LogP contribution in [-0.2, 0) is 17.5 Å². The van der Waals surface area contributed by atoms with E-state index in [-0.39, 0.29) is 27.1 Å². The lowest BCUT2D eigenvalue weighted by atomic mass is 10.1. The minimum Gasteiger partial charge on any atom is -0.278 e. The lowest BCUT2D eigenvalue weighted by Gasteiger charge is -2.14. The maximum atomic E-state index is 13.3. The maximum Gasteiger partial charge on any atom is 0.416 e. The number of alkyl halides is 3. The first-order valence-corrected chi connectivity index (χ1v) is 9.61. The summed E-state index contributed by atoms with van der Waals surface area (Å²) in [6.07, 6.45) is -1.61. The Morgan fingerprint density at radius 3 is 2.60 bits per heavy atom. The minimum absolute atomic E-state index is 0.00617. The SMILES string of the molecule is O=C1SC(=Cc2ccc3c(cnn3Cc3ccc(Cl)cc3C(F)(F)F)c2)C(=O)N1O. The Labute approximate surface area is 176 Å². The molecule has 0 spiro atoms. The maximum absolute atomic E-state index is 13.3. The molecule has 0 unspecified atom stereocenters. The van der Waals surface area contributed by atoms with Crippen LogP contribution in [0.5, 0.6) is 0 Å². The number of halogens is 4. The first kappa shape index (κ1) is 20.5. The molecule has 2 amide bonds. The number of carbonyl (C=O) groups excluding carboxylic acids is 2. The van der Waals surface area contributed by atoms with Crippen molar-refractivity contribution < 1.29 is 28.0 Å². The van der Waals surface area contributed by atoms with Gasteiger partial charge in [-0.3, -0.25) is 19.5 Å². The van der Waals surface area contributed by atoms with Crippen molar-refractivity contribution in [1.82, 2.24) is 14.8 Å². The summed E-state index contributed by atoms with van der Waals surface area (Å²) in [7, 11) is 0. The fourth-order valence-electron chi connectivity index (χ4n) is 3.04. The van der Waals surface area contributed by atoms with Gasteiger partial charge in [0.1, 0.15) is 0 Å². The number of aromatic nitrogens is 2. The zero-order chi connectivity index (χ0) is 21.6. The quantitative estimate of drug-likeness (QED) is 0.436. The standard InChI is InChI=1S/C19H11ClF3N3O3S/c20-13-3-2-11(14(7-13)19(21,22)23)9-25-15-4-1-10(5-12(15)8-24-25)6-16-17(27)26(29)18(28)30-16/h1-8,29H,9H2. The van der Waals surface area contributed by atoms with E-state index in [2.05, 4.69) is 5.10 Å². The fraction of sp³-hybridized carbons (Fsp3) is 0.105. The first-order chi connectivity index (χ1) is 14.1. The lowest BCUT2D eigenvalue weighted by Crippen LogP contribution is -2.23. The van der Waals surface area contributed by atoms with E-state index in [1.807, 2.05) is 0 Å². The van der Waals surface area contributed by atoms with Crippen molar-refractivity contribution in [3.8, 4) is 0 Å². The largest absolute Gasteiger partial charge is 0.416 e. The van der Waals surface area contributed by atoms with Gasteiger partial charge in [0.25, 0.3) is 5.91 Å². The van der Waals surface area contributed by atoms with Gasteiger partial charge in [0, 0.05) is 10.4 Å². The van der Waals surface area contributed by atoms with E-state index in [1.54, 1.807) is 18.2 Å². The van der Waals surface area contributed by atoms with E-state index < -0.39 is 22.9 Å². The third-order valence-electron chi connectivity index (χ3n) is 4.43. The predicted molar refractivity (Wildman–Crippen MR) is 105 cm³/mol. The number of nitrogens with zero attached hydrogens (tertiary/aromatic N) is 3. The molecule has 1 N–H and O–H groups in total. The van der Waals surface area contributed by atoms with Crippen molar-refractivity contribution in [1.29, 1.82) is 0 Å². The smallest absolute Gasteiger partial charge is 0.278 e. The van der Waals surface area contributed by atoms with Gasteiger partial charge in [-0.2, -0.15) is 18.3 Å². The number of rotatable bonds is 3. The van der Waals surface area contributed by atoms with Gasteiger partial charge in [0.2, 0.25) is 0 Å². The molecule has 11 heteroatoms. The molecule has 1 saturated heterocycles. The number of carbonyl (C=O) groups is 2. The molecule has 1 aromatic heterocycles. The molecule has 1 aliphatic rings. The van der Waals surface area contributed by atoms with Crippen molar-refractivity contribution in [2.45, 2.75) is 12.7 Å². The van der Waals surface area contributed by atoms with Gasteiger partial charge in [-0.05, 0) is 53.2 Å². The van der Waals surface area contributed by atoms with Gasteiger partial charge in [0.05, 0.1) is 28.7 Å². The minimum atomic E-state index is -4.55. The second-order valence-electron chi connectivity index (χ2n) is 6.41. The lowest BCUT2D eigenvalue weighted by molar-refractivity contribution is -0.144. The average Bonchev–Trinajstić information content (AvgIpc) is 3.18. The van der Waals surface area contributed by atoms with E-state index in [9.17, 15) is 28.0 Å².